The van der Waals surface area contributed by atoms with Gasteiger partial charge in [-0.3, -0.25) is 4.79 Å². The number of benzene rings is 1. The molecule has 0 bridgehead atoms. The van der Waals surface area contributed by atoms with E-state index in [0.29, 0.717) is 22.2 Å². The maximum absolute atomic E-state index is 11.6. The first-order chi connectivity index (χ1) is 8.93. The quantitative estimate of drug-likeness (QED) is 0.781. The predicted octanol–water partition coefficient (Wildman–Crippen LogP) is 3.23. The third kappa shape index (κ3) is 4.96. The van der Waals surface area contributed by atoms with Gasteiger partial charge >= 0.3 is 12.0 Å². The number of nitrogens with one attached hydrogen (secondary N) is 2. The lowest BCUT2D eigenvalue weighted by Crippen LogP contribution is -2.35. The van der Waals surface area contributed by atoms with Crippen molar-refractivity contribution in [3.63, 3.8) is 0 Å². The van der Waals surface area contributed by atoms with Crippen LogP contribution in [-0.2, 0) is 4.79 Å². The molecule has 0 fully saturated rings. The molecule has 0 aliphatic rings. The zero-order valence-electron chi connectivity index (χ0n) is 10.2. The second-order valence-corrected chi connectivity index (χ2v) is 4.75. The summed E-state index contributed by atoms with van der Waals surface area (Å²) in [6.07, 6.45) is 0.438. The van der Waals surface area contributed by atoms with Crippen LogP contribution in [0.3, 0.4) is 0 Å². The van der Waals surface area contributed by atoms with Gasteiger partial charge < -0.3 is 15.7 Å². The van der Waals surface area contributed by atoms with E-state index in [2.05, 4.69) is 10.6 Å². The maximum atomic E-state index is 11.6. The molecule has 0 saturated heterocycles. The molecule has 0 radical (unpaired) electrons. The third-order valence-corrected chi connectivity index (χ3v) is 3.09. The Morgan fingerprint density at radius 1 is 1.37 bits per heavy atom. The number of amides is 2. The van der Waals surface area contributed by atoms with Gasteiger partial charge in [0.25, 0.3) is 0 Å². The van der Waals surface area contributed by atoms with Crippen molar-refractivity contribution in [1.82, 2.24) is 5.32 Å². The highest BCUT2D eigenvalue weighted by atomic mass is 35.5. The van der Waals surface area contributed by atoms with Gasteiger partial charge in [-0.2, -0.15) is 0 Å². The first-order valence-corrected chi connectivity index (χ1v) is 6.42. The van der Waals surface area contributed by atoms with Crippen molar-refractivity contribution in [2.75, 3.05) is 11.9 Å². The number of hydrogen-bond donors (Lipinski definition) is 3. The minimum absolute atomic E-state index is 0.0514. The minimum Gasteiger partial charge on any atom is -0.481 e. The standard InChI is InChI=1S/C12H14Cl2N2O3/c1-2-7(11(17)18)6-15-12(19)16-10-5-8(13)3-4-9(10)14/h3-5,7H,2,6H2,1H3,(H,17,18)(H2,15,16,19). The molecule has 5 nitrogen and oxygen atoms in total. The highest BCUT2D eigenvalue weighted by Crippen LogP contribution is 2.25. The predicted molar refractivity (Wildman–Crippen MR) is 74.9 cm³/mol. The SMILES string of the molecule is CCC(CNC(=O)Nc1cc(Cl)ccc1Cl)C(=O)O. The van der Waals surface area contributed by atoms with Crippen LogP contribution in [0.2, 0.25) is 10.0 Å². The van der Waals surface area contributed by atoms with Crippen LogP contribution in [0.15, 0.2) is 18.2 Å². The molecule has 0 aromatic heterocycles. The average molecular weight is 305 g/mol. The summed E-state index contributed by atoms with van der Waals surface area (Å²) in [5.74, 6) is -1.55. The van der Waals surface area contributed by atoms with Crippen LogP contribution in [-0.4, -0.2) is 23.7 Å². The van der Waals surface area contributed by atoms with Crippen LogP contribution in [0, 0.1) is 5.92 Å². The van der Waals surface area contributed by atoms with Crippen molar-refractivity contribution < 1.29 is 14.7 Å². The number of rotatable bonds is 5. The fraction of sp³-hybridized carbons (Fsp3) is 0.333. The summed E-state index contributed by atoms with van der Waals surface area (Å²) in [6, 6.07) is 4.15. The molecule has 7 heteroatoms. The molecule has 0 aliphatic heterocycles. The molecule has 0 spiro atoms. The van der Waals surface area contributed by atoms with Crippen LogP contribution in [0.25, 0.3) is 0 Å². The summed E-state index contributed by atoms with van der Waals surface area (Å²) >= 11 is 11.7. The Morgan fingerprint density at radius 3 is 2.63 bits per heavy atom. The Morgan fingerprint density at radius 2 is 2.05 bits per heavy atom. The van der Waals surface area contributed by atoms with Crippen molar-refractivity contribution in [1.29, 1.82) is 0 Å². The van der Waals surface area contributed by atoms with Gasteiger partial charge in [0, 0.05) is 11.6 Å². The summed E-state index contributed by atoms with van der Waals surface area (Å²) in [5, 5.41) is 14.6. The van der Waals surface area contributed by atoms with E-state index in [-0.39, 0.29) is 6.54 Å². The summed E-state index contributed by atoms with van der Waals surface area (Å²) in [6.45, 7) is 1.79. The second-order valence-electron chi connectivity index (χ2n) is 3.90. The Balaban J connectivity index is 2.56. The Hall–Kier alpha value is -1.46. The van der Waals surface area contributed by atoms with Crippen molar-refractivity contribution in [2.24, 2.45) is 5.92 Å². The van der Waals surface area contributed by atoms with Crippen LogP contribution in [0.1, 0.15) is 13.3 Å². The summed E-state index contributed by atoms with van der Waals surface area (Å²) in [5.41, 5.74) is 0.370. The fourth-order valence-corrected chi connectivity index (χ4v) is 1.72. The van der Waals surface area contributed by atoms with E-state index in [0.717, 1.165) is 0 Å². The molecule has 2 amide bonds. The molecule has 0 aliphatic carbocycles. The number of carbonyl (C=O) groups is 2. The second kappa shape index (κ2) is 7.21. The number of urea groups is 1. The zero-order valence-corrected chi connectivity index (χ0v) is 11.8. The van der Waals surface area contributed by atoms with E-state index < -0.39 is 17.9 Å². The minimum atomic E-state index is -0.941. The number of anilines is 1. The zero-order chi connectivity index (χ0) is 14.4. The van der Waals surface area contributed by atoms with E-state index in [1.165, 1.54) is 6.07 Å². The van der Waals surface area contributed by atoms with Gasteiger partial charge in [0.1, 0.15) is 0 Å². The molecule has 1 aromatic carbocycles. The molecule has 1 aromatic rings. The lowest BCUT2D eigenvalue weighted by molar-refractivity contribution is -0.141. The van der Waals surface area contributed by atoms with Crippen molar-refractivity contribution in [3.8, 4) is 0 Å². The molecular formula is C12H14Cl2N2O3. The van der Waals surface area contributed by atoms with Gasteiger partial charge in [0.15, 0.2) is 0 Å². The average Bonchev–Trinajstić information content (AvgIpc) is 2.34. The number of aliphatic carboxylic acids is 1. The van der Waals surface area contributed by atoms with Gasteiger partial charge in [-0.05, 0) is 24.6 Å². The van der Waals surface area contributed by atoms with Crippen LogP contribution >= 0.6 is 23.2 Å². The topological polar surface area (TPSA) is 78.4 Å². The lowest BCUT2D eigenvalue weighted by atomic mass is 10.1. The van der Waals surface area contributed by atoms with Crippen LogP contribution < -0.4 is 10.6 Å². The molecule has 1 rings (SSSR count). The molecule has 0 saturated carbocycles. The van der Waals surface area contributed by atoms with Crippen LogP contribution in [0.5, 0.6) is 0 Å². The Labute approximate surface area is 120 Å². The van der Waals surface area contributed by atoms with Gasteiger partial charge in [-0.25, -0.2) is 4.79 Å². The van der Waals surface area contributed by atoms with Gasteiger partial charge in [0.05, 0.1) is 16.6 Å². The third-order valence-electron chi connectivity index (χ3n) is 2.53. The summed E-state index contributed by atoms with van der Waals surface area (Å²) in [4.78, 5) is 22.4. The van der Waals surface area contributed by atoms with Gasteiger partial charge in [0.2, 0.25) is 0 Å². The summed E-state index contributed by atoms with van der Waals surface area (Å²) in [7, 11) is 0. The molecule has 3 N–H and O–H groups in total. The van der Waals surface area contributed by atoms with Crippen molar-refractivity contribution in [3.05, 3.63) is 28.2 Å². The number of carbonyl (C=O) groups excluding carboxylic acids is 1. The summed E-state index contributed by atoms with van der Waals surface area (Å²) < 4.78 is 0. The smallest absolute Gasteiger partial charge is 0.319 e. The first-order valence-electron chi connectivity index (χ1n) is 5.66. The number of halogens is 2. The number of hydrogen-bond acceptors (Lipinski definition) is 2. The van der Waals surface area contributed by atoms with E-state index in [9.17, 15) is 9.59 Å². The molecule has 19 heavy (non-hydrogen) atoms. The highest BCUT2D eigenvalue weighted by Gasteiger charge is 2.16. The maximum Gasteiger partial charge on any atom is 0.319 e. The molecule has 1 atom stereocenters. The Kier molecular flexibility index (Phi) is 5.92. The van der Waals surface area contributed by atoms with E-state index in [4.69, 9.17) is 28.3 Å². The van der Waals surface area contributed by atoms with Crippen molar-refractivity contribution >= 4 is 40.9 Å². The van der Waals surface area contributed by atoms with Gasteiger partial charge in [-0.15, -0.1) is 0 Å². The largest absolute Gasteiger partial charge is 0.481 e. The van der Waals surface area contributed by atoms with E-state index >= 15 is 0 Å². The fourth-order valence-electron chi connectivity index (χ4n) is 1.38. The molecule has 0 heterocycles. The highest BCUT2D eigenvalue weighted by molar-refractivity contribution is 6.35. The van der Waals surface area contributed by atoms with Crippen molar-refractivity contribution in [2.45, 2.75) is 13.3 Å². The van der Waals surface area contributed by atoms with Crippen LogP contribution in [0.4, 0.5) is 10.5 Å². The Bertz CT molecular complexity index is 480. The number of carboxylic acid groups (broad SMARTS) is 1. The normalized spacial score (nSPS) is 11.7. The first kappa shape index (κ1) is 15.6. The molecule has 104 valence electrons. The monoisotopic (exact) mass is 304 g/mol. The number of carboxylic acids is 1. The molecular weight excluding hydrogens is 291 g/mol. The van der Waals surface area contributed by atoms with E-state index in [1.807, 2.05) is 0 Å². The lowest BCUT2D eigenvalue weighted by Gasteiger charge is -2.12. The molecule has 1 unspecified atom stereocenters. The van der Waals surface area contributed by atoms with Gasteiger partial charge in [-0.1, -0.05) is 30.1 Å². The van der Waals surface area contributed by atoms with E-state index in [1.54, 1.807) is 19.1 Å².